The molecule has 0 aliphatic heterocycles. The molecule has 0 radical (unpaired) electrons. The van der Waals surface area contributed by atoms with E-state index in [4.69, 9.17) is 47.2 Å². The molecule has 0 N–H and O–H groups in total. The molecule has 0 saturated heterocycles. The summed E-state index contributed by atoms with van der Waals surface area (Å²) in [6.45, 7) is 0. The molecule has 0 aromatic carbocycles. The zero-order valence-corrected chi connectivity index (χ0v) is 27.4. The molecular formula is C2H10P4S16. The number of thiol groups is 4. The standard InChI is InChI=1S/C2H10P4S16/c1-15-3(7,8)17-19-5(11,12)21-22-6(13,14)20-18-4(9,10)16-2/h1-2H3,(H,7,8)(H,9,10)(H,11,12)(H,13,14). The van der Waals surface area contributed by atoms with E-state index in [9.17, 15) is 0 Å². The molecule has 4 atom stereocenters. The summed E-state index contributed by atoms with van der Waals surface area (Å²) in [6, 6.07) is 0. The van der Waals surface area contributed by atoms with Crippen LogP contribution in [-0.2, 0) is 47.2 Å². The van der Waals surface area contributed by atoms with Crippen molar-refractivity contribution in [2.75, 3.05) is 12.5 Å². The molecule has 0 saturated carbocycles. The van der Waals surface area contributed by atoms with Crippen LogP contribution in [0, 0.1) is 0 Å². The topological polar surface area (TPSA) is 0 Å². The first-order chi connectivity index (χ1) is 9.74. The zero-order valence-electron chi connectivity index (χ0n) is 10.5. The predicted octanol–water partition coefficient (Wildman–Crippen LogP) is 10.5. The smallest absolute Gasteiger partial charge is 0.121 e. The maximum absolute atomic E-state index is 5.58. The van der Waals surface area contributed by atoms with Crippen LogP contribution in [0.3, 0.4) is 0 Å². The Morgan fingerprint density at radius 2 is 0.682 bits per heavy atom. The molecule has 0 heterocycles. The first kappa shape index (κ1) is 28.8. The maximum Gasteiger partial charge on any atom is 0.127 e. The molecular weight excluding hydrogens is 661 g/mol. The minimum Gasteiger partial charge on any atom is -0.121 e. The van der Waals surface area contributed by atoms with Gasteiger partial charge < -0.3 is 0 Å². The molecule has 4 unspecified atom stereocenters. The maximum atomic E-state index is 5.58. The fourth-order valence-electron chi connectivity index (χ4n) is 0.338. The summed E-state index contributed by atoms with van der Waals surface area (Å²) < 4.78 is -7.33. The van der Waals surface area contributed by atoms with Gasteiger partial charge in [-0.05, 0) is 75.0 Å². The fourth-order valence-corrected chi connectivity index (χ4v) is 72.4. The SMILES string of the molecule is CSP(=S)(S)SSP(=S)(S)SSP(=S)(S)SSP(=S)(S)SC. The Bertz CT molecular complexity index is 488. The van der Waals surface area contributed by atoms with Crippen molar-refractivity contribution >= 4 is 196 Å². The largest absolute Gasteiger partial charge is 0.127 e. The van der Waals surface area contributed by atoms with Gasteiger partial charge >= 0.3 is 0 Å². The Morgan fingerprint density at radius 1 is 0.500 bits per heavy atom. The number of hydrogen-bond donors (Lipinski definition) is 4. The van der Waals surface area contributed by atoms with E-state index in [1.165, 1.54) is 0 Å². The molecule has 0 fully saturated rings. The van der Waals surface area contributed by atoms with Crippen molar-refractivity contribution in [3.8, 4) is 0 Å². The van der Waals surface area contributed by atoms with E-state index in [1.54, 1.807) is 85.2 Å². The third-order valence-corrected chi connectivity index (χ3v) is 66.3. The highest BCUT2D eigenvalue weighted by Gasteiger charge is 2.26. The van der Waals surface area contributed by atoms with Crippen LogP contribution in [0.2, 0.25) is 0 Å². The number of rotatable bonds is 11. The number of hydrogen-bond acceptors (Lipinski definition) is 12. The van der Waals surface area contributed by atoms with Gasteiger partial charge in [0.2, 0.25) is 0 Å². The van der Waals surface area contributed by atoms with Gasteiger partial charge in [0.15, 0.2) is 0 Å². The van der Waals surface area contributed by atoms with Gasteiger partial charge in [0.25, 0.3) is 0 Å². The molecule has 0 spiro atoms. The highest BCUT2D eigenvalue weighted by Crippen LogP contribution is 2.94. The molecule has 0 aliphatic carbocycles. The summed E-state index contributed by atoms with van der Waals surface area (Å²) in [4.78, 5) is 0. The second-order valence-corrected chi connectivity index (χ2v) is 66.0. The summed E-state index contributed by atoms with van der Waals surface area (Å²) in [5.41, 5.74) is 0. The van der Waals surface area contributed by atoms with E-state index in [0.29, 0.717) is 0 Å². The van der Waals surface area contributed by atoms with Crippen LogP contribution in [0.15, 0.2) is 0 Å². The summed E-state index contributed by atoms with van der Waals surface area (Å²) in [5.74, 6) is 0. The molecule has 134 valence electrons. The zero-order chi connectivity index (χ0) is 17.7. The van der Waals surface area contributed by atoms with E-state index >= 15 is 0 Å². The van der Waals surface area contributed by atoms with Crippen molar-refractivity contribution in [3.05, 3.63) is 0 Å². The van der Waals surface area contributed by atoms with Gasteiger partial charge in [-0.15, -0.1) is 71.8 Å². The van der Waals surface area contributed by atoms with Crippen LogP contribution in [-0.4, -0.2) is 12.5 Å². The van der Waals surface area contributed by atoms with E-state index in [0.717, 1.165) is 0 Å². The van der Waals surface area contributed by atoms with Gasteiger partial charge in [0.05, 0.1) is 0 Å². The minimum absolute atomic E-state index is 1.55. The molecule has 0 bridgehead atoms. The Kier molecular flexibility index (Phi) is 17.4. The molecule has 0 nitrogen and oxygen atoms in total. The average molecular weight is 671 g/mol. The molecule has 0 aromatic rings. The molecule has 0 aliphatic rings. The lowest BCUT2D eigenvalue weighted by Gasteiger charge is -2.20. The van der Waals surface area contributed by atoms with Crippen molar-refractivity contribution < 1.29 is 0 Å². The fraction of sp³-hybridized carbons (Fsp3) is 1.00. The first-order valence-electron chi connectivity index (χ1n) is 4.31. The van der Waals surface area contributed by atoms with Gasteiger partial charge in [0, 0.05) is 0 Å². The van der Waals surface area contributed by atoms with E-state index in [-0.39, 0.29) is 0 Å². The van der Waals surface area contributed by atoms with Crippen LogP contribution in [0.4, 0.5) is 0 Å². The van der Waals surface area contributed by atoms with Gasteiger partial charge in [0.1, 0.15) is 14.6 Å². The lowest BCUT2D eigenvalue weighted by Crippen LogP contribution is -1.54. The quantitative estimate of drug-likeness (QED) is 0.0939. The molecule has 0 rings (SSSR count). The monoisotopic (exact) mass is 670 g/mol. The molecule has 0 amide bonds. The second kappa shape index (κ2) is 13.3. The van der Waals surface area contributed by atoms with Crippen LogP contribution >= 0.6 is 149 Å². The summed E-state index contributed by atoms with van der Waals surface area (Å²) >= 11 is 43.4. The molecule has 20 heteroatoms. The minimum atomic E-state index is -1.94. The predicted molar refractivity (Wildman–Crippen MR) is 166 cm³/mol. The Labute approximate surface area is 204 Å². The van der Waals surface area contributed by atoms with Crippen molar-refractivity contribution in [1.82, 2.24) is 0 Å². The highest BCUT2D eigenvalue weighted by molar-refractivity contribution is 9.57. The van der Waals surface area contributed by atoms with Gasteiger partial charge in [-0.3, -0.25) is 0 Å². The molecule has 22 heavy (non-hydrogen) atoms. The normalized spacial score (nSPS) is 23.0. The Balaban J connectivity index is 4.45. The summed E-state index contributed by atoms with van der Waals surface area (Å²) in [5, 5.41) is 0. The van der Waals surface area contributed by atoms with Crippen molar-refractivity contribution in [1.29, 1.82) is 0 Å². The second-order valence-electron chi connectivity index (χ2n) is 2.69. The third kappa shape index (κ3) is 15.6. The Morgan fingerprint density at radius 3 is 0.864 bits per heavy atom. The van der Waals surface area contributed by atoms with Crippen molar-refractivity contribution in [3.63, 3.8) is 0 Å². The summed E-state index contributed by atoms with van der Waals surface area (Å²) in [7, 11) is 9.39. The van der Waals surface area contributed by atoms with E-state index in [1.807, 2.05) is 12.5 Å². The van der Waals surface area contributed by atoms with Crippen molar-refractivity contribution in [2.45, 2.75) is 0 Å². The summed E-state index contributed by atoms with van der Waals surface area (Å²) in [6.07, 6.45) is 3.94. The van der Waals surface area contributed by atoms with E-state index in [2.05, 4.69) is 49.0 Å². The lowest BCUT2D eigenvalue weighted by atomic mass is 12.0. The van der Waals surface area contributed by atoms with Crippen LogP contribution in [0.1, 0.15) is 0 Å². The van der Waals surface area contributed by atoms with Gasteiger partial charge in [-0.2, -0.15) is 0 Å². The van der Waals surface area contributed by atoms with Crippen LogP contribution in [0.25, 0.3) is 0 Å². The van der Waals surface area contributed by atoms with E-state index < -0.39 is 14.6 Å². The van der Waals surface area contributed by atoms with Crippen molar-refractivity contribution in [2.24, 2.45) is 0 Å². The lowest BCUT2D eigenvalue weighted by molar-refractivity contribution is 2.54. The van der Waals surface area contributed by atoms with Gasteiger partial charge in [-0.25, -0.2) is 0 Å². The molecule has 0 aromatic heterocycles. The highest BCUT2D eigenvalue weighted by atomic mass is 33.9. The van der Waals surface area contributed by atoms with Crippen LogP contribution < -0.4 is 0 Å². The Hall–Kier alpha value is 6.80. The average Bonchev–Trinajstić information content (AvgIpc) is 2.42. The van der Waals surface area contributed by atoms with Crippen LogP contribution in [0.5, 0.6) is 0 Å². The van der Waals surface area contributed by atoms with Gasteiger partial charge in [-0.1, -0.05) is 47.2 Å². The third-order valence-electron chi connectivity index (χ3n) is 1.13. The first-order valence-corrected chi connectivity index (χ1v) is 33.9.